The Labute approximate surface area is 172 Å². The number of H-pyrrole nitrogens is 1. The lowest BCUT2D eigenvalue weighted by Crippen LogP contribution is -2.16. The number of aromatic nitrogens is 4. The first-order chi connectivity index (χ1) is 14.7. The van der Waals surface area contributed by atoms with Gasteiger partial charge in [0.2, 0.25) is 5.95 Å². The normalized spacial score (nSPS) is 10.8. The summed E-state index contributed by atoms with van der Waals surface area (Å²) in [5, 5.41) is 13.5. The second-order valence-electron chi connectivity index (χ2n) is 6.46. The maximum Gasteiger partial charge on any atom is 0.270 e. The fraction of sp³-hybridized carbons (Fsp3) is 0.0455. The SMILES string of the molecule is N#Cc1c(-c2ccccc2)nc(NN=Cc2ccc(Cn3ccnc3)cc2)[nH]c1=O. The zero-order chi connectivity index (χ0) is 20.8. The molecule has 2 heterocycles. The number of hydrogen-bond acceptors (Lipinski definition) is 6. The Kier molecular flexibility index (Phi) is 5.44. The molecule has 0 saturated heterocycles. The van der Waals surface area contributed by atoms with Crippen LogP contribution in [0.3, 0.4) is 0 Å². The number of hydrazone groups is 1. The molecule has 0 atom stereocenters. The van der Waals surface area contributed by atoms with E-state index in [-0.39, 0.29) is 11.5 Å². The first kappa shape index (κ1) is 18.8. The van der Waals surface area contributed by atoms with Crippen molar-refractivity contribution in [1.82, 2.24) is 19.5 Å². The number of aromatic amines is 1. The van der Waals surface area contributed by atoms with Crippen LogP contribution in [0.25, 0.3) is 11.3 Å². The van der Waals surface area contributed by atoms with Crippen LogP contribution in [0.5, 0.6) is 0 Å². The average Bonchev–Trinajstić information content (AvgIpc) is 3.28. The Hall–Kier alpha value is -4.51. The van der Waals surface area contributed by atoms with Gasteiger partial charge < -0.3 is 4.57 Å². The summed E-state index contributed by atoms with van der Waals surface area (Å²) in [5.74, 6) is 0.158. The van der Waals surface area contributed by atoms with E-state index < -0.39 is 5.56 Å². The molecule has 0 bridgehead atoms. The van der Waals surface area contributed by atoms with Crippen molar-refractivity contribution in [1.29, 1.82) is 5.26 Å². The maximum atomic E-state index is 12.2. The number of hydrogen-bond donors (Lipinski definition) is 2. The lowest BCUT2D eigenvalue weighted by Gasteiger charge is -2.06. The Morgan fingerprint density at radius 3 is 2.67 bits per heavy atom. The third-order valence-electron chi connectivity index (χ3n) is 4.37. The van der Waals surface area contributed by atoms with E-state index in [2.05, 4.69) is 25.5 Å². The maximum absolute atomic E-state index is 12.2. The Balaban J connectivity index is 1.49. The van der Waals surface area contributed by atoms with Crippen molar-refractivity contribution in [2.24, 2.45) is 5.10 Å². The number of nitrogens with one attached hydrogen (secondary N) is 2. The van der Waals surface area contributed by atoms with Crippen molar-refractivity contribution in [2.45, 2.75) is 6.54 Å². The van der Waals surface area contributed by atoms with Gasteiger partial charge in [-0.1, -0.05) is 54.6 Å². The van der Waals surface area contributed by atoms with Crippen LogP contribution < -0.4 is 11.0 Å². The molecule has 0 unspecified atom stereocenters. The molecule has 0 saturated carbocycles. The van der Waals surface area contributed by atoms with Gasteiger partial charge in [0.1, 0.15) is 11.6 Å². The summed E-state index contributed by atoms with van der Waals surface area (Å²) in [6, 6.07) is 18.9. The monoisotopic (exact) mass is 395 g/mol. The summed E-state index contributed by atoms with van der Waals surface area (Å²) in [5.41, 5.74) is 5.19. The van der Waals surface area contributed by atoms with Crippen LogP contribution in [0.1, 0.15) is 16.7 Å². The summed E-state index contributed by atoms with van der Waals surface area (Å²) in [4.78, 5) is 23.2. The van der Waals surface area contributed by atoms with Crippen LogP contribution in [0.2, 0.25) is 0 Å². The predicted octanol–water partition coefficient (Wildman–Crippen LogP) is 3.00. The van der Waals surface area contributed by atoms with Crippen LogP contribution in [0.15, 0.2) is 83.2 Å². The van der Waals surface area contributed by atoms with Gasteiger partial charge in [-0.3, -0.25) is 9.78 Å². The number of benzene rings is 2. The molecule has 30 heavy (non-hydrogen) atoms. The molecule has 2 aromatic carbocycles. The van der Waals surface area contributed by atoms with E-state index in [1.54, 1.807) is 30.9 Å². The molecular formula is C22H17N7O. The molecule has 2 N–H and O–H groups in total. The van der Waals surface area contributed by atoms with Gasteiger partial charge in [0.15, 0.2) is 0 Å². The zero-order valence-electron chi connectivity index (χ0n) is 15.9. The quantitative estimate of drug-likeness (QED) is 0.385. The highest BCUT2D eigenvalue weighted by molar-refractivity contribution is 5.80. The van der Waals surface area contributed by atoms with E-state index in [1.807, 2.05) is 59.3 Å². The molecule has 146 valence electrons. The predicted molar refractivity (Wildman–Crippen MR) is 114 cm³/mol. The van der Waals surface area contributed by atoms with Crippen molar-refractivity contribution < 1.29 is 0 Å². The molecule has 0 spiro atoms. The van der Waals surface area contributed by atoms with E-state index in [4.69, 9.17) is 0 Å². The third kappa shape index (κ3) is 4.31. The minimum absolute atomic E-state index is 0.0378. The van der Waals surface area contributed by atoms with Crippen LogP contribution in [-0.2, 0) is 6.54 Å². The van der Waals surface area contributed by atoms with Gasteiger partial charge >= 0.3 is 0 Å². The standard InChI is InChI=1S/C22H17N7O/c23-12-19-20(18-4-2-1-3-5-18)26-22(27-21(19)30)28-25-13-16-6-8-17(9-7-16)14-29-11-10-24-15-29/h1-11,13,15H,14H2,(H2,26,27,28,30). The second kappa shape index (κ2) is 8.67. The molecule has 2 aromatic heterocycles. The van der Waals surface area contributed by atoms with E-state index in [1.165, 1.54) is 0 Å². The van der Waals surface area contributed by atoms with Crippen molar-refractivity contribution >= 4 is 12.2 Å². The summed E-state index contributed by atoms with van der Waals surface area (Å²) in [6.07, 6.45) is 7.06. The van der Waals surface area contributed by atoms with Crippen LogP contribution in [0.4, 0.5) is 5.95 Å². The van der Waals surface area contributed by atoms with Crippen molar-refractivity contribution in [3.05, 3.63) is 100 Å². The van der Waals surface area contributed by atoms with E-state index in [0.717, 1.165) is 17.7 Å². The molecule has 0 radical (unpaired) electrons. The third-order valence-corrected chi connectivity index (χ3v) is 4.37. The van der Waals surface area contributed by atoms with Crippen LogP contribution >= 0.6 is 0 Å². The smallest absolute Gasteiger partial charge is 0.270 e. The molecule has 0 aliphatic carbocycles. The molecule has 0 aliphatic rings. The fourth-order valence-electron chi connectivity index (χ4n) is 2.90. The first-order valence-electron chi connectivity index (χ1n) is 9.16. The lowest BCUT2D eigenvalue weighted by molar-refractivity contribution is 0.797. The highest BCUT2D eigenvalue weighted by Gasteiger charge is 2.12. The highest BCUT2D eigenvalue weighted by atomic mass is 16.1. The molecule has 0 aliphatic heterocycles. The number of nitriles is 1. The minimum Gasteiger partial charge on any atom is -0.333 e. The number of nitrogens with zero attached hydrogens (tertiary/aromatic N) is 5. The van der Waals surface area contributed by atoms with Gasteiger partial charge in [-0.15, -0.1) is 0 Å². The molecule has 4 aromatic rings. The minimum atomic E-state index is -0.520. The number of rotatable bonds is 6. The molecule has 0 fully saturated rings. The summed E-state index contributed by atoms with van der Waals surface area (Å²) in [7, 11) is 0. The highest BCUT2D eigenvalue weighted by Crippen LogP contribution is 2.19. The summed E-state index contributed by atoms with van der Waals surface area (Å²) >= 11 is 0. The van der Waals surface area contributed by atoms with Crippen molar-refractivity contribution in [2.75, 3.05) is 5.43 Å². The van der Waals surface area contributed by atoms with Crippen molar-refractivity contribution in [3.8, 4) is 17.3 Å². The van der Waals surface area contributed by atoms with Crippen molar-refractivity contribution in [3.63, 3.8) is 0 Å². The van der Waals surface area contributed by atoms with Gasteiger partial charge in [-0.05, 0) is 11.1 Å². The fourth-order valence-corrected chi connectivity index (χ4v) is 2.90. The van der Waals surface area contributed by atoms with E-state index in [9.17, 15) is 10.1 Å². The molecular weight excluding hydrogens is 378 g/mol. The van der Waals surface area contributed by atoms with Gasteiger partial charge in [0.05, 0.1) is 18.2 Å². The second-order valence-corrected chi connectivity index (χ2v) is 6.46. The van der Waals surface area contributed by atoms with Crippen LogP contribution in [0, 0.1) is 11.3 Å². The van der Waals surface area contributed by atoms with Crippen LogP contribution in [-0.4, -0.2) is 25.7 Å². The van der Waals surface area contributed by atoms with Gasteiger partial charge in [-0.25, -0.2) is 15.4 Å². The van der Waals surface area contributed by atoms with E-state index in [0.29, 0.717) is 11.3 Å². The summed E-state index contributed by atoms with van der Waals surface area (Å²) in [6.45, 7) is 0.744. The zero-order valence-corrected chi connectivity index (χ0v) is 15.9. The Bertz CT molecular complexity index is 1250. The molecule has 4 rings (SSSR count). The Morgan fingerprint density at radius 2 is 1.97 bits per heavy atom. The van der Waals surface area contributed by atoms with Gasteiger partial charge in [-0.2, -0.15) is 10.4 Å². The average molecular weight is 395 g/mol. The molecule has 0 amide bonds. The molecule has 8 nitrogen and oxygen atoms in total. The number of imidazole rings is 1. The van der Waals surface area contributed by atoms with Gasteiger partial charge in [0, 0.05) is 24.5 Å². The largest absolute Gasteiger partial charge is 0.333 e. The Morgan fingerprint density at radius 1 is 1.17 bits per heavy atom. The first-order valence-corrected chi connectivity index (χ1v) is 9.16. The number of anilines is 1. The van der Waals surface area contributed by atoms with E-state index >= 15 is 0 Å². The summed E-state index contributed by atoms with van der Waals surface area (Å²) < 4.78 is 1.99. The van der Waals surface area contributed by atoms with Gasteiger partial charge in [0.25, 0.3) is 5.56 Å². The lowest BCUT2D eigenvalue weighted by atomic mass is 10.1. The molecule has 8 heteroatoms. The topological polar surface area (TPSA) is 112 Å².